The molecule has 10 unspecified atom stereocenters. The lowest BCUT2D eigenvalue weighted by Gasteiger charge is -2.55. The molecule has 7 rings (SSSR count). The molecule has 27 heavy (non-hydrogen) atoms. The number of carbonyl (C=O) groups excluding carboxylic acids is 1. The molecule has 1 spiro atoms. The molecule has 0 bridgehead atoms. The van der Waals surface area contributed by atoms with Gasteiger partial charge in [0.2, 0.25) is 0 Å². The van der Waals surface area contributed by atoms with E-state index >= 15 is 0 Å². The Morgan fingerprint density at radius 2 is 2.11 bits per heavy atom. The smallest absolute Gasteiger partial charge is 0.382 e. The van der Waals surface area contributed by atoms with E-state index in [-0.39, 0.29) is 11.0 Å². The first kappa shape index (κ1) is 15.3. The average Bonchev–Trinajstić information content (AvgIpc) is 3.52. The highest BCUT2D eigenvalue weighted by Crippen LogP contribution is 2.85. The van der Waals surface area contributed by atoms with Gasteiger partial charge in [-0.1, -0.05) is 18.4 Å². The number of hydrogen-bond donors (Lipinski definition) is 1. The molecule has 1 heterocycles. The third-order valence-electron chi connectivity index (χ3n) is 9.77. The lowest BCUT2D eigenvalue weighted by Crippen LogP contribution is -2.52. The van der Waals surface area contributed by atoms with Gasteiger partial charge in [-0.05, 0) is 79.1 Å². The van der Waals surface area contributed by atoms with E-state index < -0.39 is 11.6 Å². The van der Waals surface area contributed by atoms with E-state index in [1.54, 1.807) is 0 Å². The number of hydrogen-bond acceptors (Lipinski definition) is 3. The maximum Gasteiger partial charge on any atom is 0.382 e. The summed E-state index contributed by atoms with van der Waals surface area (Å²) >= 11 is 0. The topological polar surface area (TPSA) is 66.9 Å². The van der Waals surface area contributed by atoms with Crippen molar-refractivity contribution in [2.45, 2.75) is 56.7 Å². The molecule has 6 fully saturated rings. The minimum absolute atomic E-state index is 0.153. The van der Waals surface area contributed by atoms with Crippen molar-refractivity contribution in [1.29, 1.82) is 0 Å². The van der Waals surface area contributed by atoms with Crippen molar-refractivity contribution in [3.05, 3.63) is 11.6 Å². The molecule has 7 aliphatic rings. The van der Waals surface area contributed by atoms with Crippen LogP contribution in [0.5, 0.6) is 0 Å². The van der Waals surface area contributed by atoms with Gasteiger partial charge in [0, 0.05) is 18.3 Å². The van der Waals surface area contributed by atoms with Crippen LogP contribution in [0.1, 0.15) is 45.4 Å². The zero-order valence-corrected chi connectivity index (χ0v) is 15.5. The van der Waals surface area contributed by atoms with E-state index in [4.69, 9.17) is 9.84 Å². The van der Waals surface area contributed by atoms with Gasteiger partial charge in [0.15, 0.2) is 11.4 Å². The molecule has 140 valence electrons. The predicted molar refractivity (Wildman–Crippen MR) is 95.3 cm³/mol. The molecule has 1 N–H and O–H groups in total. The first-order valence-corrected chi connectivity index (χ1v) is 10.6. The maximum absolute atomic E-state index is 12.1. The second kappa shape index (κ2) is 4.20. The van der Waals surface area contributed by atoms with Crippen molar-refractivity contribution in [1.82, 2.24) is 0 Å². The van der Waals surface area contributed by atoms with Crippen LogP contribution >= 0.6 is 0 Å². The first-order valence-electron chi connectivity index (χ1n) is 10.6. The van der Waals surface area contributed by atoms with E-state index in [2.05, 4.69) is 18.8 Å². The van der Waals surface area contributed by atoms with Gasteiger partial charge in [0.1, 0.15) is 5.60 Å². The number of carboxylic acid groups (broad SMARTS) is 1. The Bertz CT molecular complexity index is 922. The number of ketones is 1. The Kier molecular flexibility index (Phi) is 2.39. The fraction of sp³-hybridized carbons (Fsp3) is 0.739. The molecule has 5 saturated carbocycles. The fourth-order valence-electron chi connectivity index (χ4n) is 8.75. The summed E-state index contributed by atoms with van der Waals surface area (Å²) in [6, 6.07) is 0. The number of carbonyl (C=O) groups is 2. The number of ether oxygens (including phenoxy) is 1. The molecule has 0 radical (unpaired) electrons. The van der Waals surface area contributed by atoms with E-state index in [1.807, 2.05) is 6.08 Å². The SMILES string of the molecule is CC12CCC(=O)C=C1C1CC1C1C2CCC23OC2(C#CC(=O)O)C2CC2C13. The Balaban J connectivity index is 1.31. The number of carboxylic acids is 1. The molecule has 1 saturated heterocycles. The Morgan fingerprint density at radius 3 is 2.93 bits per heavy atom. The van der Waals surface area contributed by atoms with Gasteiger partial charge >= 0.3 is 5.97 Å². The third-order valence-corrected chi connectivity index (χ3v) is 9.77. The quantitative estimate of drug-likeness (QED) is 0.530. The summed E-state index contributed by atoms with van der Waals surface area (Å²) in [6.45, 7) is 2.43. The number of epoxide rings is 1. The summed E-state index contributed by atoms with van der Waals surface area (Å²) in [6.07, 6.45) is 8.30. The number of aliphatic carboxylic acids is 1. The van der Waals surface area contributed by atoms with Crippen LogP contribution < -0.4 is 0 Å². The molecule has 0 aromatic carbocycles. The van der Waals surface area contributed by atoms with Crippen molar-refractivity contribution >= 4 is 11.8 Å². The summed E-state index contributed by atoms with van der Waals surface area (Å²) in [5, 5.41) is 9.06. The van der Waals surface area contributed by atoms with E-state index in [0.717, 1.165) is 25.2 Å². The lowest BCUT2D eigenvalue weighted by molar-refractivity contribution is -0.130. The zero-order valence-electron chi connectivity index (χ0n) is 15.5. The molecular formula is C23H24O4. The Labute approximate surface area is 158 Å². The summed E-state index contributed by atoms with van der Waals surface area (Å²) in [5.41, 5.74) is 1.06. The second-order valence-corrected chi connectivity index (χ2v) is 10.5. The normalized spacial score (nSPS) is 60.1. The van der Waals surface area contributed by atoms with Gasteiger partial charge < -0.3 is 9.84 Å². The largest absolute Gasteiger partial charge is 0.472 e. The molecule has 1 aliphatic heterocycles. The van der Waals surface area contributed by atoms with Crippen molar-refractivity contribution in [3.8, 4) is 11.8 Å². The van der Waals surface area contributed by atoms with Crippen LogP contribution in [0.2, 0.25) is 0 Å². The second-order valence-electron chi connectivity index (χ2n) is 10.5. The molecule has 0 aromatic rings. The van der Waals surface area contributed by atoms with Crippen LogP contribution in [0.4, 0.5) is 0 Å². The summed E-state index contributed by atoms with van der Waals surface area (Å²) < 4.78 is 6.43. The van der Waals surface area contributed by atoms with Gasteiger partial charge in [-0.2, -0.15) is 0 Å². The number of allylic oxidation sites excluding steroid dienone is 1. The minimum atomic E-state index is -1.04. The van der Waals surface area contributed by atoms with Crippen LogP contribution in [-0.2, 0) is 14.3 Å². The van der Waals surface area contributed by atoms with Crippen LogP contribution in [-0.4, -0.2) is 28.1 Å². The average molecular weight is 364 g/mol. The van der Waals surface area contributed by atoms with E-state index in [0.29, 0.717) is 47.7 Å². The first-order chi connectivity index (χ1) is 12.9. The molecular weight excluding hydrogens is 340 g/mol. The summed E-state index contributed by atoms with van der Waals surface area (Å²) in [5.74, 6) is 9.16. The highest BCUT2D eigenvalue weighted by atomic mass is 16.6. The monoisotopic (exact) mass is 364 g/mol. The van der Waals surface area contributed by atoms with Crippen molar-refractivity contribution in [2.24, 2.45) is 46.8 Å². The standard InChI is InChI=1S/C23H24O4/c1-21-5-2-11(24)8-16(21)12-9-13(12)19-15(21)3-6-23-20(19)14-10-17(14)22(23,27-23)7-4-18(25)26/h8,12-15,17,19-20H,2-3,5-6,9-10H2,1H3,(H,25,26). The van der Waals surface area contributed by atoms with Gasteiger partial charge in [0.05, 0.1) is 0 Å². The maximum atomic E-state index is 12.1. The molecule has 4 heteroatoms. The zero-order chi connectivity index (χ0) is 18.3. The van der Waals surface area contributed by atoms with Crippen molar-refractivity contribution < 1.29 is 19.4 Å². The molecule has 0 amide bonds. The Hall–Kier alpha value is -1.60. The van der Waals surface area contributed by atoms with Gasteiger partial charge in [-0.25, -0.2) is 4.79 Å². The number of fused-ring (bicyclic) bond motifs is 10. The lowest BCUT2D eigenvalue weighted by atomic mass is 9.49. The molecule has 0 aromatic heterocycles. The summed E-state index contributed by atoms with van der Waals surface area (Å²) in [7, 11) is 0. The van der Waals surface area contributed by atoms with E-state index in [9.17, 15) is 9.59 Å². The van der Waals surface area contributed by atoms with Gasteiger partial charge in [-0.15, -0.1) is 0 Å². The highest BCUT2D eigenvalue weighted by Gasteiger charge is 2.90. The van der Waals surface area contributed by atoms with Gasteiger partial charge in [0.25, 0.3) is 0 Å². The number of rotatable bonds is 0. The van der Waals surface area contributed by atoms with Crippen LogP contribution in [0.25, 0.3) is 0 Å². The van der Waals surface area contributed by atoms with Gasteiger partial charge in [-0.3, -0.25) is 4.79 Å². The van der Waals surface area contributed by atoms with Crippen molar-refractivity contribution in [2.75, 3.05) is 0 Å². The predicted octanol–water partition coefficient (Wildman–Crippen LogP) is 2.82. The minimum Gasteiger partial charge on any atom is -0.472 e. The van der Waals surface area contributed by atoms with Crippen LogP contribution in [0.15, 0.2) is 11.6 Å². The third kappa shape index (κ3) is 1.53. The van der Waals surface area contributed by atoms with Crippen molar-refractivity contribution in [3.63, 3.8) is 0 Å². The highest BCUT2D eigenvalue weighted by molar-refractivity contribution is 5.92. The Morgan fingerprint density at radius 1 is 1.26 bits per heavy atom. The van der Waals surface area contributed by atoms with E-state index in [1.165, 1.54) is 18.4 Å². The van der Waals surface area contributed by atoms with Crippen LogP contribution in [0.3, 0.4) is 0 Å². The fourth-order valence-corrected chi connectivity index (χ4v) is 8.75. The molecule has 4 nitrogen and oxygen atoms in total. The molecule has 10 atom stereocenters. The summed E-state index contributed by atoms with van der Waals surface area (Å²) in [4.78, 5) is 23.1. The molecule has 6 aliphatic carbocycles. The van der Waals surface area contributed by atoms with Crippen LogP contribution in [0, 0.1) is 58.7 Å².